The van der Waals surface area contributed by atoms with Crippen molar-refractivity contribution in [2.75, 3.05) is 25.6 Å². The summed E-state index contributed by atoms with van der Waals surface area (Å²) in [6, 6.07) is 2.63. The summed E-state index contributed by atoms with van der Waals surface area (Å²) in [6.45, 7) is 4.78. The molecular formula is C25H28FN5O5. The van der Waals surface area contributed by atoms with E-state index in [1.165, 1.54) is 16.8 Å². The zero-order valence-corrected chi connectivity index (χ0v) is 20.4. The van der Waals surface area contributed by atoms with E-state index in [0.29, 0.717) is 25.4 Å². The van der Waals surface area contributed by atoms with Crippen LogP contribution in [0.15, 0.2) is 35.5 Å². The molecule has 5 heterocycles. The summed E-state index contributed by atoms with van der Waals surface area (Å²) in [7, 11) is 1.67. The van der Waals surface area contributed by atoms with Crippen LogP contribution in [-0.2, 0) is 14.9 Å². The molecule has 2 unspecified atom stereocenters. The average molecular weight is 498 g/mol. The van der Waals surface area contributed by atoms with Gasteiger partial charge in [-0.1, -0.05) is 0 Å². The van der Waals surface area contributed by atoms with Gasteiger partial charge < -0.3 is 24.1 Å². The van der Waals surface area contributed by atoms with Crippen LogP contribution in [0.5, 0.6) is 5.88 Å². The van der Waals surface area contributed by atoms with Gasteiger partial charge in [0.2, 0.25) is 11.7 Å². The predicted molar refractivity (Wildman–Crippen MR) is 127 cm³/mol. The van der Waals surface area contributed by atoms with Crippen LogP contribution in [0.3, 0.4) is 0 Å². The molecule has 0 radical (unpaired) electrons. The average Bonchev–Trinajstić information content (AvgIpc) is 3.13. The van der Waals surface area contributed by atoms with Crippen LogP contribution < -0.4 is 15.6 Å². The second-order valence-corrected chi connectivity index (χ2v) is 10.4. The number of nitrogens with zero attached hydrogens (tertiary/aromatic N) is 4. The molecule has 2 bridgehead atoms. The fraction of sp³-hybridized carbons (Fsp3) is 0.520. The Kier molecular flexibility index (Phi) is 5.20. The molecule has 1 N–H and O–H groups in total. The SMILES string of the molecule is COC[C@]12C[C@](c3cn4cc(C(=O)Nc5cccn(C6CC6F)c5=O)c(OC(C)C)nc4n3)(CO1)C2. The molecule has 3 aromatic rings. The Morgan fingerprint density at radius 3 is 2.81 bits per heavy atom. The van der Waals surface area contributed by atoms with Crippen LogP contribution in [0, 0.1) is 0 Å². The lowest BCUT2D eigenvalue weighted by Crippen LogP contribution is -2.49. The predicted octanol–water partition coefficient (Wildman–Crippen LogP) is 2.66. The Bertz CT molecular complexity index is 1410. The molecule has 10 nitrogen and oxygen atoms in total. The van der Waals surface area contributed by atoms with Crippen LogP contribution in [0.25, 0.3) is 5.78 Å². The lowest BCUT2D eigenvalue weighted by atomic mass is 9.61. The molecular weight excluding hydrogens is 469 g/mol. The number of alkyl halides is 1. The Hall–Kier alpha value is -3.31. The zero-order chi connectivity index (χ0) is 25.2. The van der Waals surface area contributed by atoms with Crippen molar-refractivity contribution in [2.24, 2.45) is 0 Å². The highest BCUT2D eigenvalue weighted by molar-refractivity contribution is 6.05. The third-order valence-corrected chi connectivity index (χ3v) is 7.19. The van der Waals surface area contributed by atoms with E-state index in [1.54, 1.807) is 23.8 Å². The first-order valence-corrected chi connectivity index (χ1v) is 12.1. The highest BCUT2D eigenvalue weighted by Crippen LogP contribution is 2.58. The second-order valence-electron chi connectivity index (χ2n) is 10.4. The molecule has 36 heavy (non-hydrogen) atoms. The first-order valence-electron chi connectivity index (χ1n) is 12.1. The van der Waals surface area contributed by atoms with Crippen LogP contribution in [0.4, 0.5) is 10.1 Å². The Morgan fingerprint density at radius 1 is 1.33 bits per heavy atom. The summed E-state index contributed by atoms with van der Waals surface area (Å²) in [5, 5.41) is 2.66. The van der Waals surface area contributed by atoms with Crippen molar-refractivity contribution >= 4 is 17.4 Å². The second kappa shape index (κ2) is 8.10. The van der Waals surface area contributed by atoms with E-state index in [-0.39, 0.29) is 34.3 Å². The maximum atomic E-state index is 13.5. The first kappa shape index (κ1) is 23.1. The summed E-state index contributed by atoms with van der Waals surface area (Å²) in [5.74, 6) is -0.0210. The number of fused-ring (bicyclic) bond motifs is 2. The number of amides is 1. The van der Waals surface area contributed by atoms with Crippen molar-refractivity contribution in [2.45, 2.75) is 62.4 Å². The molecule has 0 spiro atoms. The molecule has 1 amide bonds. The summed E-state index contributed by atoms with van der Waals surface area (Å²) >= 11 is 0. The number of halogens is 1. The van der Waals surface area contributed by atoms with E-state index in [2.05, 4.69) is 10.3 Å². The minimum absolute atomic E-state index is 0.0643. The molecule has 11 heteroatoms. The maximum Gasteiger partial charge on any atom is 0.274 e. The van der Waals surface area contributed by atoms with Crippen LogP contribution in [0.1, 0.15) is 55.2 Å². The number of hydrogen-bond acceptors (Lipinski definition) is 7. The van der Waals surface area contributed by atoms with Gasteiger partial charge in [0, 0.05) is 37.5 Å². The molecule has 7 rings (SSSR count). The number of nitrogens with one attached hydrogen (secondary N) is 1. The summed E-state index contributed by atoms with van der Waals surface area (Å²) in [6.07, 6.45) is 5.67. The van der Waals surface area contributed by atoms with E-state index in [0.717, 1.165) is 18.5 Å². The quantitative estimate of drug-likeness (QED) is 0.510. The molecule has 2 aliphatic carbocycles. The fourth-order valence-electron chi connectivity index (χ4n) is 5.47. The number of anilines is 1. The molecule has 4 aliphatic rings. The Morgan fingerprint density at radius 2 is 2.11 bits per heavy atom. The van der Waals surface area contributed by atoms with Gasteiger partial charge in [-0.05, 0) is 38.8 Å². The first-order chi connectivity index (χ1) is 17.2. The van der Waals surface area contributed by atoms with Crippen LogP contribution in [-0.4, -0.2) is 63.0 Å². The molecule has 4 fully saturated rings. The number of carbonyl (C=O) groups excluding carboxylic acids is 1. The van der Waals surface area contributed by atoms with E-state index >= 15 is 0 Å². The van der Waals surface area contributed by atoms with Gasteiger partial charge in [0.05, 0.1) is 36.7 Å². The number of pyridine rings is 1. The highest BCUT2D eigenvalue weighted by Gasteiger charge is 2.64. The number of rotatable bonds is 8. The van der Waals surface area contributed by atoms with Gasteiger partial charge in [-0.15, -0.1) is 0 Å². The van der Waals surface area contributed by atoms with E-state index < -0.39 is 23.7 Å². The number of ether oxygens (including phenoxy) is 3. The van der Waals surface area contributed by atoms with Crippen molar-refractivity contribution in [3.63, 3.8) is 0 Å². The van der Waals surface area contributed by atoms with Crippen molar-refractivity contribution < 1.29 is 23.4 Å². The summed E-state index contributed by atoms with van der Waals surface area (Å²) in [5.41, 5.74) is 0.177. The minimum Gasteiger partial charge on any atom is -0.474 e. The number of hydrogen-bond donors (Lipinski definition) is 1. The Labute approximate surface area is 206 Å². The summed E-state index contributed by atoms with van der Waals surface area (Å²) < 4.78 is 33.7. The molecule has 190 valence electrons. The third kappa shape index (κ3) is 3.68. The molecule has 2 saturated carbocycles. The van der Waals surface area contributed by atoms with E-state index in [9.17, 15) is 14.0 Å². The lowest BCUT2D eigenvalue weighted by Gasteiger charge is -2.43. The monoisotopic (exact) mass is 497 g/mol. The molecule has 0 aromatic carbocycles. The number of methoxy groups -OCH3 is 1. The largest absolute Gasteiger partial charge is 0.474 e. The van der Waals surface area contributed by atoms with E-state index in [4.69, 9.17) is 19.2 Å². The van der Waals surface area contributed by atoms with E-state index in [1.807, 2.05) is 20.0 Å². The van der Waals surface area contributed by atoms with Gasteiger partial charge in [-0.3, -0.25) is 14.0 Å². The van der Waals surface area contributed by atoms with Gasteiger partial charge in [0.25, 0.3) is 11.5 Å². The van der Waals surface area contributed by atoms with Crippen molar-refractivity contribution in [3.8, 4) is 5.88 Å². The van der Waals surface area contributed by atoms with Crippen LogP contribution >= 0.6 is 0 Å². The van der Waals surface area contributed by atoms with Gasteiger partial charge in [0.1, 0.15) is 17.4 Å². The molecule has 2 atom stereocenters. The third-order valence-electron chi connectivity index (χ3n) is 7.19. The fourth-order valence-corrected chi connectivity index (χ4v) is 5.47. The highest BCUT2D eigenvalue weighted by atomic mass is 19.1. The topological polar surface area (TPSA) is 109 Å². The van der Waals surface area contributed by atoms with Gasteiger partial charge in [-0.25, -0.2) is 9.37 Å². The van der Waals surface area contributed by atoms with Crippen molar-refractivity contribution in [1.29, 1.82) is 0 Å². The van der Waals surface area contributed by atoms with Crippen molar-refractivity contribution in [3.05, 3.63) is 52.3 Å². The molecule has 3 aromatic heterocycles. The maximum absolute atomic E-state index is 13.5. The zero-order valence-electron chi connectivity index (χ0n) is 20.4. The standard InChI is InChI=1S/C25H28FN5O5/c1-14(2)36-21-15(20(32)27-17-5-4-6-31(22(17)33)18-7-16(18)26)8-30-9-19(28-23(30)29-21)24-10-25(11-24,13-34-3)35-12-24/h4-6,8-9,14,16,18H,7,10-13H2,1-3H3,(H,27,32)/t16?,18?,24-,25-. The Balaban J connectivity index is 1.32. The molecule has 2 saturated heterocycles. The minimum atomic E-state index is -1.04. The lowest BCUT2D eigenvalue weighted by molar-refractivity contribution is -0.0614. The number of aromatic nitrogens is 4. The molecule has 2 aliphatic heterocycles. The summed E-state index contributed by atoms with van der Waals surface area (Å²) in [4.78, 5) is 35.4. The van der Waals surface area contributed by atoms with Crippen LogP contribution in [0.2, 0.25) is 0 Å². The van der Waals surface area contributed by atoms with Crippen molar-refractivity contribution in [1.82, 2.24) is 18.9 Å². The number of imidazole rings is 1. The smallest absolute Gasteiger partial charge is 0.274 e. The van der Waals surface area contributed by atoms with Gasteiger partial charge in [0.15, 0.2) is 0 Å². The number of carbonyl (C=O) groups is 1. The van der Waals surface area contributed by atoms with Gasteiger partial charge in [-0.2, -0.15) is 4.98 Å². The normalized spacial score (nSPS) is 28.4. The van der Waals surface area contributed by atoms with Gasteiger partial charge >= 0.3 is 0 Å².